The van der Waals surface area contributed by atoms with Crippen LogP contribution in [0.15, 0.2) is 30.3 Å². The zero-order valence-electron chi connectivity index (χ0n) is 14.7. The topological polar surface area (TPSA) is 48.0 Å². The second-order valence-corrected chi connectivity index (χ2v) is 7.38. The summed E-state index contributed by atoms with van der Waals surface area (Å²) in [7, 11) is 0. The number of carbonyl (C=O) groups excluding carboxylic acids is 1. The lowest BCUT2D eigenvalue weighted by Crippen LogP contribution is -2.57. The second-order valence-electron chi connectivity index (χ2n) is 7.38. The molecule has 1 aromatic carbocycles. The molecule has 25 heavy (non-hydrogen) atoms. The van der Waals surface area contributed by atoms with Crippen LogP contribution in [0.5, 0.6) is 0 Å². The van der Waals surface area contributed by atoms with Gasteiger partial charge in [-0.3, -0.25) is 4.79 Å². The zero-order valence-corrected chi connectivity index (χ0v) is 14.7. The van der Waals surface area contributed by atoms with E-state index in [9.17, 15) is 4.79 Å². The number of ether oxygens (including phenoxy) is 3. The zero-order chi connectivity index (χ0) is 17.1. The SMILES string of the molecule is O=C([C@@H]1CCO[C@H](c2ccccc2)O1)N1CCOC2(CCCCC2)C1. The van der Waals surface area contributed by atoms with Gasteiger partial charge in [0.25, 0.3) is 5.91 Å². The third-order valence-electron chi connectivity index (χ3n) is 5.61. The highest BCUT2D eigenvalue weighted by Gasteiger charge is 2.41. The average molecular weight is 345 g/mol. The Labute approximate surface area is 149 Å². The number of carbonyl (C=O) groups is 1. The van der Waals surface area contributed by atoms with Crippen LogP contribution in [0.1, 0.15) is 50.4 Å². The Bertz CT molecular complexity index is 579. The van der Waals surface area contributed by atoms with Gasteiger partial charge in [-0.2, -0.15) is 0 Å². The number of amides is 1. The Hall–Kier alpha value is -1.43. The van der Waals surface area contributed by atoms with Crippen LogP contribution in [0, 0.1) is 0 Å². The van der Waals surface area contributed by atoms with E-state index in [0.717, 1.165) is 18.4 Å². The molecule has 0 unspecified atom stereocenters. The second kappa shape index (κ2) is 7.44. The Morgan fingerprint density at radius 3 is 2.68 bits per heavy atom. The van der Waals surface area contributed by atoms with E-state index in [2.05, 4.69) is 0 Å². The maximum atomic E-state index is 13.0. The summed E-state index contributed by atoms with van der Waals surface area (Å²) < 4.78 is 17.8. The lowest BCUT2D eigenvalue weighted by Gasteiger charge is -2.46. The van der Waals surface area contributed by atoms with Crippen molar-refractivity contribution < 1.29 is 19.0 Å². The minimum atomic E-state index is -0.450. The maximum absolute atomic E-state index is 13.0. The Morgan fingerprint density at radius 2 is 1.88 bits per heavy atom. The van der Waals surface area contributed by atoms with Gasteiger partial charge in [-0.1, -0.05) is 49.6 Å². The molecule has 1 aliphatic carbocycles. The van der Waals surface area contributed by atoms with Crippen LogP contribution in [-0.4, -0.2) is 48.8 Å². The highest BCUT2D eigenvalue weighted by atomic mass is 16.7. The summed E-state index contributed by atoms with van der Waals surface area (Å²) in [6.45, 7) is 2.56. The van der Waals surface area contributed by atoms with Gasteiger partial charge in [-0.15, -0.1) is 0 Å². The molecule has 4 rings (SSSR count). The van der Waals surface area contributed by atoms with E-state index in [1.165, 1.54) is 19.3 Å². The third kappa shape index (κ3) is 3.73. The highest BCUT2D eigenvalue weighted by molar-refractivity contribution is 5.81. The fourth-order valence-corrected chi connectivity index (χ4v) is 4.24. The number of hydrogen-bond donors (Lipinski definition) is 0. The number of nitrogens with zero attached hydrogens (tertiary/aromatic N) is 1. The van der Waals surface area contributed by atoms with Crippen LogP contribution in [0.2, 0.25) is 0 Å². The van der Waals surface area contributed by atoms with Crippen molar-refractivity contribution in [2.45, 2.75) is 56.5 Å². The Morgan fingerprint density at radius 1 is 1.08 bits per heavy atom. The van der Waals surface area contributed by atoms with Crippen LogP contribution in [-0.2, 0) is 19.0 Å². The van der Waals surface area contributed by atoms with E-state index in [-0.39, 0.29) is 11.5 Å². The molecule has 0 bridgehead atoms. The van der Waals surface area contributed by atoms with Crippen molar-refractivity contribution >= 4 is 5.91 Å². The van der Waals surface area contributed by atoms with Gasteiger partial charge in [0.1, 0.15) is 6.10 Å². The van der Waals surface area contributed by atoms with Crippen LogP contribution < -0.4 is 0 Å². The predicted octanol–water partition coefficient (Wildman–Crippen LogP) is 3.05. The molecule has 2 atom stereocenters. The van der Waals surface area contributed by atoms with E-state index in [0.29, 0.717) is 32.7 Å². The summed E-state index contributed by atoms with van der Waals surface area (Å²) >= 11 is 0. The summed E-state index contributed by atoms with van der Waals surface area (Å²) in [5, 5.41) is 0. The summed E-state index contributed by atoms with van der Waals surface area (Å²) in [6, 6.07) is 9.84. The third-order valence-corrected chi connectivity index (χ3v) is 5.61. The first kappa shape index (κ1) is 17.0. The molecular weight excluding hydrogens is 318 g/mol. The molecule has 0 aromatic heterocycles. The number of morpholine rings is 1. The molecule has 1 saturated carbocycles. The standard InChI is InChI=1S/C20H27NO4/c22-18(21-12-14-24-20(15-21)10-5-2-6-11-20)17-9-13-23-19(25-17)16-7-3-1-4-8-16/h1,3-4,7-8,17,19H,2,5-6,9-15H2/t17-,19-/m0/s1. The molecule has 1 spiro atoms. The Kier molecular flexibility index (Phi) is 5.06. The van der Waals surface area contributed by atoms with Crippen LogP contribution >= 0.6 is 0 Å². The molecule has 3 aliphatic rings. The van der Waals surface area contributed by atoms with E-state index >= 15 is 0 Å². The predicted molar refractivity (Wildman–Crippen MR) is 93.0 cm³/mol. The molecule has 5 heteroatoms. The van der Waals surface area contributed by atoms with Gasteiger partial charge in [-0.05, 0) is 12.8 Å². The average Bonchev–Trinajstić information content (AvgIpc) is 2.69. The fourth-order valence-electron chi connectivity index (χ4n) is 4.24. The van der Waals surface area contributed by atoms with Crippen molar-refractivity contribution in [2.24, 2.45) is 0 Å². The number of benzene rings is 1. The lowest BCUT2D eigenvalue weighted by atomic mass is 9.83. The summed E-state index contributed by atoms with van der Waals surface area (Å²) in [5.74, 6) is 0.0949. The van der Waals surface area contributed by atoms with E-state index in [1.54, 1.807) is 0 Å². The van der Waals surface area contributed by atoms with Crippen molar-refractivity contribution in [3.63, 3.8) is 0 Å². The summed E-state index contributed by atoms with van der Waals surface area (Å²) in [6.07, 6.45) is 5.56. The smallest absolute Gasteiger partial charge is 0.252 e. The Balaban J connectivity index is 1.41. The lowest BCUT2D eigenvalue weighted by molar-refractivity contribution is -0.225. The van der Waals surface area contributed by atoms with Gasteiger partial charge in [0.05, 0.1) is 18.8 Å². The highest BCUT2D eigenvalue weighted by Crippen LogP contribution is 2.35. The van der Waals surface area contributed by atoms with Crippen LogP contribution in [0.25, 0.3) is 0 Å². The quantitative estimate of drug-likeness (QED) is 0.827. The van der Waals surface area contributed by atoms with Gasteiger partial charge >= 0.3 is 0 Å². The first-order valence-electron chi connectivity index (χ1n) is 9.51. The first-order chi connectivity index (χ1) is 12.3. The van der Waals surface area contributed by atoms with Crippen molar-refractivity contribution in [1.29, 1.82) is 0 Å². The van der Waals surface area contributed by atoms with Crippen molar-refractivity contribution in [2.75, 3.05) is 26.3 Å². The summed E-state index contributed by atoms with van der Waals surface area (Å²) in [5.41, 5.74) is 0.849. The van der Waals surface area contributed by atoms with E-state index < -0.39 is 12.4 Å². The molecule has 2 heterocycles. The number of rotatable bonds is 2. The fraction of sp³-hybridized carbons (Fsp3) is 0.650. The molecule has 2 aliphatic heterocycles. The summed E-state index contributed by atoms with van der Waals surface area (Å²) in [4.78, 5) is 15.0. The van der Waals surface area contributed by atoms with Crippen molar-refractivity contribution in [3.8, 4) is 0 Å². The van der Waals surface area contributed by atoms with Gasteiger partial charge in [0, 0.05) is 25.1 Å². The first-order valence-corrected chi connectivity index (χ1v) is 9.51. The minimum Gasteiger partial charge on any atom is -0.371 e. The van der Waals surface area contributed by atoms with Gasteiger partial charge in [-0.25, -0.2) is 0 Å². The molecular formula is C20H27NO4. The monoisotopic (exact) mass is 345 g/mol. The van der Waals surface area contributed by atoms with E-state index in [4.69, 9.17) is 14.2 Å². The van der Waals surface area contributed by atoms with E-state index in [1.807, 2.05) is 35.2 Å². The van der Waals surface area contributed by atoms with Gasteiger partial charge in [0.2, 0.25) is 0 Å². The van der Waals surface area contributed by atoms with Gasteiger partial charge in [0.15, 0.2) is 6.29 Å². The van der Waals surface area contributed by atoms with Crippen LogP contribution in [0.4, 0.5) is 0 Å². The maximum Gasteiger partial charge on any atom is 0.252 e. The van der Waals surface area contributed by atoms with Crippen molar-refractivity contribution in [3.05, 3.63) is 35.9 Å². The normalized spacial score (nSPS) is 29.5. The molecule has 3 fully saturated rings. The largest absolute Gasteiger partial charge is 0.371 e. The molecule has 136 valence electrons. The molecule has 1 aromatic rings. The molecule has 2 saturated heterocycles. The molecule has 1 amide bonds. The molecule has 5 nitrogen and oxygen atoms in total. The molecule has 0 radical (unpaired) electrons. The van der Waals surface area contributed by atoms with Gasteiger partial charge < -0.3 is 19.1 Å². The van der Waals surface area contributed by atoms with Crippen molar-refractivity contribution in [1.82, 2.24) is 4.90 Å². The minimum absolute atomic E-state index is 0.0949. The van der Waals surface area contributed by atoms with Crippen LogP contribution in [0.3, 0.4) is 0 Å². The molecule has 0 N–H and O–H groups in total. The number of hydrogen-bond acceptors (Lipinski definition) is 4.